The first kappa shape index (κ1) is 24.4. The van der Waals surface area contributed by atoms with Gasteiger partial charge in [0.1, 0.15) is 5.75 Å². The van der Waals surface area contributed by atoms with E-state index in [0.717, 1.165) is 30.1 Å². The van der Waals surface area contributed by atoms with Crippen molar-refractivity contribution in [3.63, 3.8) is 0 Å². The highest BCUT2D eigenvalue weighted by atomic mass is 16.5. The first-order chi connectivity index (χ1) is 15.3. The van der Waals surface area contributed by atoms with Gasteiger partial charge in [0.2, 0.25) is 0 Å². The molecule has 1 unspecified atom stereocenters. The highest BCUT2D eigenvalue weighted by Crippen LogP contribution is 2.36. The standard InChI is InChI=1S/C30H48O/c1-3-5-6-7-24-31-30-22-20-29(21-23-30)19-18-28-16-14-27(15-17-28)13-12-26-10-8-25(4-2)9-11-26/h16,20-23,25-27H,3-15,17-19,24H2,1-2H3/t25-,26-,27?. The Kier molecular flexibility index (Phi) is 11.0. The van der Waals surface area contributed by atoms with E-state index >= 15 is 0 Å². The Balaban J connectivity index is 1.29. The second-order valence-electron chi connectivity index (χ2n) is 10.4. The summed E-state index contributed by atoms with van der Waals surface area (Å²) >= 11 is 0. The lowest BCUT2D eigenvalue weighted by molar-refractivity contribution is 0.241. The Hall–Kier alpha value is -1.24. The van der Waals surface area contributed by atoms with Gasteiger partial charge < -0.3 is 4.74 Å². The molecule has 2 aliphatic carbocycles. The summed E-state index contributed by atoms with van der Waals surface area (Å²) in [6.45, 7) is 5.48. The fourth-order valence-corrected chi connectivity index (χ4v) is 5.61. The summed E-state index contributed by atoms with van der Waals surface area (Å²) in [5.74, 6) is 4.07. The number of hydrogen-bond acceptors (Lipinski definition) is 1. The summed E-state index contributed by atoms with van der Waals surface area (Å²) in [7, 11) is 0. The van der Waals surface area contributed by atoms with Gasteiger partial charge >= 0.3 is 0 Å². The molecular formula is C30H48O. The Morgan fingerprint density at radius 2 is 1.52 bits per heavy atom. The smallest absolute Gasteiger partial charge is 0.119 e. The van der Waals surface area contributed by atoms with E-state index in [4.69, 9.17) is 4.74 Å². The first-order valence-electron chi connectivity index (χ1n) is 13.7. The van der Waals surface area contributed by atoms with E-state index in [1.54, 1.807) is 5.57 Å². The van der Waals surface area contributed by atoms with Crippen LogP contribution in [0.5, 0.6) is 5.75 Å². The highest BCUT2D eigenvalue weighted by molar-refractivity contribution is 5.28. The van der Waals surface area contributed by atoms with E-state index in [2.05, 4.69) is 44.2 Å². The van der Waals surface area contributed by atoms with Crippen LogP contribution in [0, 0.1) is 17.8 Å². The van der Waals surface area contributed by atoms with Gasteiger partial charge in [0, 0.05) is 0 Å². The van der Waals surface area contributed by atoms with Crippen molar-refractivity contribution >= 4 is 0 Å². The van der Waals surface area contributed by atoms with Crippen molar-refractivity contribution in [3.05, 3.63) is 41.5 Å². The maximum atomic E-state index is 5.88. The van der Waals surface area contributed by atoms with Gasteiger partial charge in [-0.05, 0) is 80.4 Å². The molecule has 0 bridgehead atoms. The molecule has 1 saturated carbocycles. The minimum atomic E-state index is 0.855. The number of aryl methyl sites for hydroxylation is 1. The minimum Gasteiger partial charge on any atom is -0.494 e. The molecule has 0 heterocycles. The average molecular weight is 425 g/mol. The van der Waals surface area contributed by atoms with Gasteiger partial charge in [0.05, 0.1) is 6.61 Å². The zero-order chi connectivity index (χ0) is 21.7. The van der Waals surface area contributed by atoms with Crippen molar-refractivity contribution in [1.29, 1.82) is 0 Å². The van der Waals surface area contributed by atoms with Gasteiger partial charge in [-0.1, -0.05) is 95.4 Å². The molecule has 1 nitrogen and oxygen atoms in total. The normalized spacial score (nSPS) is 24.1. The Morgan fingerprint density at radius 1 is 0.774 bits per heavy atom. The second kappa shape index (κ2) is 14.0. The van der Waals surface area contributed by atoms with Gasteiger partial charge in [0.15, 0.2) is 0 Å². The van der Waals surface area contributed by atoms with Gasteiger partial charge in [-0.3, -0.25) is 0 Å². The fraction of sp³-hybridized carbons (Fsp3) is 0.733. The van der Waals surface area contributed by atoms with Crippen LogP contribution in [0.2, 0.25) is 0 Å². The molecule has 0 aromatic heterocycles. The molecule has 1 heteroatoms. The molecular weight excluding hydrogens is 376 g/mol. The van der Waals surface area contributed by atoms with Crippen molar-refractivity contribution < 1.29 is 4.74 Å². The molecule has 1 aromatic carbocycles. The lowest BCUT2D eigenvalue weighted by Crippen LogP contribution is -2.15. The maximum absolute atomic E-state index is 5.88. The molecule has 0 radical (unpaired) electrons. The molecule has 31 heavy (non-hydrogen) atoms. The quantitative estimate of drug-likeness (QED) is 0.226. The Labute approximate surface area is 193 Å². The van der Waals surface area contributed by atoms with Crippen LogP contribution in [-0.2, 0) is 6.42 Å². The summed E-state index contributed by atoms with van der Waals surface area (Å²) in [4.78, 5) is 0. The minimum absolute atomic E-state index is 0.855. The number of unbranched alkanes of at least 4 members (excludes halogenated alkanes) is 3. The van der Waals surface area contributed by atoms with Gasteiger partial charge in [-0.25, -0.2) is 0 Å². The molecule has 1 aromatic rings. The molecule has 2 aliphatic rings. The SMILES string of the molecule is CCCCCCOc1ccc(CCC2=CCC(CC[C@H]3CC[C@H](CC)CC3)CC2)cc1. The number of ether oxygens (including phenoxy) is 1. The Morgan fingerprint density at radius 3 is 2.19 bits per heavy atom. The molecule has 0 saturated heterocycles. The van der Waals surface area contributed by atoms with E-state index in [1.807, 2.05) is 0 Å². The summed E-state index contributed by atoms with van der Waals surface area (Å²) in [5, 5.41) is 0. The topological polar surface area (TPSA) is 9.23 Å². The summed E-state index contributed by atoms with van der Waals surface area (Å²) in [6, 6.07) is 8.85. The third kappa shape index (κ3) is 9.03. The molecule has 0 amide bonds. The van der Waals surface area contributed by atoms with Crippen molar-refractivity contribution in [2.75, 3.05) is 6.61 Å². The van der Waals surface area contributed by atoms with Crippen LogP contribution in [0.3, 0.4) is 0 Å². The molecule has 0 N–H and O–H groups in total. The number of hydrogen-bond donors (Lipinski definition) is 0. The fourth-order valence-electron chi connectivity index (χ4n) is 5.61. The predicted molar refractivity (Wildman–Crippen MR) is 135 cm³/mol. The molecule has 1 fully saturated rings. The second-order valence-corrected chi connectivity index (χ2v) is 10.4. The van der Waals surface area contributed by atoms with Crippen LogP contribution in [0.25, 0.3) is 0 Å². The number of benzene rings is 1. The zero-order valence-corrected chi connectivity index (χ0v) is 20.5. The third-order valence-electron chi connectivity index (χ3n) is 8.07. The van der Waals surface area contributed by atoms with Gasteiger partial charge in [0.25, 0.3) is 0 Å². The monoisotopic (exact) mass is 424 g/mol. The van der Waals surface area contributed by atoms with E-state index in [-0.39, 0.29) is 0 Å². The summed E-state index contributed by atoms with van der Waals surface area (Å²) in [5.41, 5.74) is 3.15. The van der Waals surface area contributed by atoms with Gasteiger partial charge in [-0.15, -0.1) is 0 Å². The molecule has 1 atom stereocenters. The zero-order valence-electron chi connectivity index (χ0n) is 20.5. The van der Waals surface area contributed by atoms with E-state index in [1.165, 1.54) is 108 Å². The van der Waals surface area contributed by atoms with E-state index in [0.29, 0.717) is 0 Å². The van der Waals surface area contributed by atoms with Crippen molar-refractivity contribution in [3.8, 4) is 5.75 Å². The Bertz CT molecular complexity index is 620. The first-order valence-corrected chi connectivity index (χ1v) is 13.7. The van der Waals surface area contributed by atoms with Gasteiger partial charge in [-0.2, -0.15) is 0 Å². The maximum Gasteiger partial charge on any atom is 0.119 e. The van der Waals surface area contributed by atoms with Crippen LogP contribution in [-0.4, -0.2) is 6.61 Å². The lowest BCUT2D eigenvalue weighted by atomic mass is 9.76. The van der Waals surface area contributed by atoms with Crippen LogP contribution < -0.4 is 4.74 Å². The van der Waals surface area contributed by atoms with E-state index in [9.17, 15) is 0 Å². The lowest BCUT2D eigenvalue weighted by Gasteiger charge is -2.29. The number of allylic oxidation sites excluding steroid dienone is 2. The van der Waals surface area contributed by atoms with Crippen molar-refractivity contribution in [2.24, 2.45) is 17.8 Å². The van der Waals surface area contributed by atoms with Crippen molar-refractivity contribution in [1.82, 2.24) is 0 Å². The largest absolute Gasteiger partial charge is 0.494 e. The van der Waals surface area contributed by atoms with Crippen molar-refractivity contribution in [2.45, 2.75) is 117 Å². The molecule has 174 valence electrons. The average Bonchev–Trinajstić information content (AvgIpc) is 2.83. The molecule has 0 spiro atoms. The highest BCUT2D eigenvalue weighted by Gasteiger charge is 2.22. The van der Waals surface area contributed by atoms with Crippen LogP contribution in [0.1, 0.15) is 116 Å². The van der Waals surface area contributed by atoms with E-state index < -0.39 is 0 Å². The van der Waals surface area contributed by atoms with Crippen LogP contribution in [0.15, 0.2) is 35.9 Å². The molecule has 3 rings (SSSR count). The third-order valence-corrected chi connectivity index (χ3v) is 8.07. The molecule has 0 aliphatic heterocycles. The summed E-state index contributed by atoms with van der Waals surface area (Å²) < 4.78 is 5.88. The van der Waals surface area contributed by atoms with Crippen LogP contribution >= 0.6 is 0 Å². The summed E-state index contributed by atoms with van der Waals surface area (Å²) in [6.07, 6.45) is 24.6. The predicted octanol–water partition coefficient (Wildman–Crippen LogP) is 9.30. The van der Waals surface area contributed by atoms with Crippen LogP contribution in [0.4, 0.5) is 0 Å². The number of rotatable bonds is 13.